The molecule has 3 aromatic rings. The molecule has 0 aliphatic carbocycles. The number of nitrogens with zero attached hydrogens (tertiary/aromatic N) is 3. The number of aryl methyl sites for hydroxylation is 2. The summed E-state index contributed by atoms with van der Waals surface area (Å²) in [6.07, 6.45) is 2.08. The van der Waals surface area contributed by atoms with Gasteiger partial charge < -0.3 is 14.6 Å². The molecule has 0 aliphatic heterocycles. The van der Waals surface area contributed by atoms with Crippen LogP contribution in [0.1, 0.15) is 23.8 Å². The number of thiophene rings is 1. The third-order valence-electron chi connectivity index (χ3n) is 4.17. The SMILES string of the molecule is CCOCCCn1c(SCC(=O)Nc2ccon2)nc2sc(C)c(C)c2c1=O. The maximum Gasteiger partial charge on any atom is 0.263 e. The van der Waals surface area contributed by atoms with Crippen molar-refractivity contribution in [2.24, 2.45) is 0 Å². The van der Waals surface area contributed by atoms with Crippen molar-refractivity contribution >= 4 is 45.0 Å². The second kappa shape index (κ2) is 9.35. The molecule has 0 aromatic carbocycles. The van der Waals surface area contributed by atoms with Crippen LogP contribution in [0.3, 0.4) is 0 Å². The molecule has 1 amide bonds. The quantitative estimate of drug-likeness (QED) is 0.321. The zero-order chi connectivity index (χ0) is 20.1. The molecular weight excluding hydrogens is 400 g/mol. The molecule has 0 fully saturated rings. The molecule has 0 radical (unpaired) electrons. The molecule has 3 aromatic heterocycles. The van der Waals surface area contributed by atoms with E-state index in [1.165, 1.54) is 29.4 Å². The summed E-state index contributed by atoms with van der Waals surface area (Å²) >= 11 is 2.73. The lowest BCUT2D eigenvalue weighted by atomic mass is 10.2. The number of nitrogens with one attached hydrogen (secondary N) is 1. The Morgan fingerprint density at radius 3 is 2.96 bits per heavy atom. The predicted octanol–water partition coefficient (Wildman–Crippen LogP) is 3.22. The smallest absolute Gasteiger partial charge is 0.263 e. The Labute approximate surface area is 170 Å². The third-order valence-corrected chi connectivity index (χ3v) is 6.24. The van der Waals surface area contributed by atoms with Crippen molar-refractivity contribution in [2.45, 2.75) is 38.9 Å². The first-order valence-corrected chi connectivity index (χ1v) is 10.7. The summed E-state index contributed by atoms with van der Waals surface area (Å²) < 4.78 is 11.7. The van der Waals surface area contributed by atoms with Crippen molar-refractivity contribution < 1.29 is 14.1 Å². The van der Waals surface area contributed by atoms with E-state index in [1.807, 2.05) is 20.8 Å². The van der Waals surface area contributed by atoms with Gasteiger partial charge in [-0.05, 0) is 32.8 Å². The van der Waals surface area contributed by atoms with E-state index in [9.17, 15) is 9.59 Å². The molecule has 0 bridgehead atoms. The van der Waals surface area contributed by atoms with Gasteiger partial charge in [0.1, 0.15) is 11.1 Å². The van der Waals surface area contributed by atoms with E-state index in [0.717, 1.165) is 10.4 Å². The minimum absolute atomic E-state index is 0.0669. The second-order valence-electron chi connectivity index (χ2n) is 6.09. The lowest BCUT2D eigenvalue weighted by Crippen LogP contribution is -2.25. The zero-order valence-corrected chi connectivity index (χ0v) is 17.6. The van der Waals surface area contributed by atoms with Crippen LogP contribution in [0.5, 0.6) is 0 Å². The highest BCUT2D eigenvalue weighted by atomic mass is 32.2. The molecular formula is C18H22N4O4S2. The summed E-state index contributed by atoms with van der Waals surface area (Å²) in [5.74, 6) is 0.222. The second-order valence-corrected chi connectivity index (χ2v) is 8.23. The molecule has 1 N–H and O–H groups in total. The Morgan fingerprint density at radius 1 is 1.43 bits per heavy atom. The number of thioether (sulfide) groups is 1. The summed E-state index contributed by atoms with van der Waals surface area (Å²) in [6, 6.07) is 1.56. The first kappa shape index (κ1) is 20.6. The highest BCUT2D eigenvalue weighted by Gasteiger charge is 2.17. The highest BCUT2D eigenvalue weighted by Crippen LogP contribution is 2.28. The van der Waals surface area contributed by atoms with Crippen LogP contribution in [-0.2, 0) is 16.1 Å². The lowest BCUT2D eigenvalue weighted by Gasteiger charge is -2.12. The first-order valence-electron chi connectivity index (χ1n) is 8.92. The van der Waals surface area contributed by atoms with Crippen molar-refractivity contribution in [3.63, 3.8) is 0 Å². The fourth-order valence-corrected chi connectivity index (χ4v) is 4.57. The molecule has 0 saturated heterocycles. The van der Waals surface area contributed by atoms with Crippen LogP contribution in [0, 0.1) is 13.8 Å². The molecule has 3 rings (SSSR count). The topological polar surface area (TPSA) is 99.2 Å². The van der Waals surface area contributed by atoms with Gasteiger partial charge in [-0.1, -0.05) is 16.9 Å². The monoisotopic (exact) mass is 422 g/mol. The van der Waals surface area contributed by atoms with Gasteiger partial charge in [0.25, 0.3) is 5.56 Å². The first-order chi connectivity index (χ1) is 13.5. The maximum atomic E-state index is 13.1. The highest BCUT2D eigenvalue weighted by molar-refractivity contribution is 7.99. The number of carbonyl (C=O) groups excluding carboxylic acids is 1. The number of hydrogen-bond donors (Lipinski definition) is 1. The number of rotatable bonds is 9. The van der Waals surface area contributed by atoms with E-state index in [-0.39, 0.29) is 17.2 Å². The average molecular weight is 423 g/mol. The van der Waals surface area contributed by atoms with Gasteiger partial charge in [-0.15, -0.1) is 11.3 Å². The Balaban J connectivity index is 1.83. The van der Waals surface area contributed by atoms with Crippen LogP contribution < -0.4 is 10.9 Å². The van der Waals surface area contributed by atoms with Crippen LogP contribution in [0.15, 0.2) is 26.8 Å². The van der Waals surface area contributed by atoms with Gasteiger partial charge in [0.2, 0.25) is 5.91 Å². The fourth-order valence-electron chi connectivity index (χ4n) is 2.67. The molecule has 0 spiro atoms. The zero-order valence-electron chi connectivity index (χ0n) is 16.0. The molecule has 8 nitrogen and oxygen atoms in total. The molecule has 10 heteroatoms. The van der Waals surface area contributed by atoms with Gasteiger partial charge in [-0.2, -0.15) is 0 Å². The number of fused-ring (bicyclic) bond motifs is 1. The van der Waals surface area contributed by atoms with Crippen molar-refractivity contribution in [1.82, 2.24) is 14.7 Å². The Kier molecular flexibility index (Phi) is 6.87. The van der Waals surface area contributed by atoms with Crippen LogP contribution in [0.2, 0.25) is 0 Å². The number of hydrogen-bond acceptors (Lipinski definition) is 8. The number of aromatic nitrogens is 3. The Hall–Kier alpha value is -2.17. The van der Waals surface area contributed by atoms with Crippen molar-refractivity contribution in [2.75, 3.05) is 24.3 Å². The molecule has 28 heavy (non-hydrogen) atoms. The molecule has 0 saturated carbocycles. The van der Waals surface area contributed by atoms with Crippen molar-refractivity contribution in [3.05, 3.63) is 33.1 Å². The number of amides is 1. The predicted molar refractivity (Wildman–Crippen MR) is 110 cm³/mol. The van der Waals surface area contributed by atoms with Gasteiger partial charge >= 0.3 is 0 Å². The molecule has 0 atom stereocenters. The third kappa shape index (κ3) is 4.62. The maximum absolute atomic E-state index is 13.1. The van der Waals surface area contributed by atoms with Crippen LogP contribution >= 0.6 is 23.1 Å². The number of ether oxygens (including phenoxy) is 1. The van der Waals surface area contributed by atoms with Crippen molar-refractivity contribution in [3.8, 4) is 0 Å². The molecule has 0 aliphatic rings. The van der Waals surface area contributed by atoms with Gasteiger partial charge in [-0.25, -0.2) is 4.98 Å². The summed E-state index contributed by atoms with van der Waals surface area (Å²) in [6.45, 7) is 7.56. The van der Waals surface area contributed by atoms with Crippen LogP contribution in [0.4, 0.5) is 5.82 Å². The summed E-state index contributed by atoms with van der Waals surface area (Å²) in [5, 5.41) is 7.49. The van der Waals surface area contributed by atoms with Gasteiger partial charge in [0, 0.05) is 30.7 Å². The number of carbonyl (C=O) groups is 1. The Bertz CT molecular complexity index is 1010. The van der Waals surface area contributed by atoms with E-state index in [1.54, 1.807) is 10.6 Å². The summed E-state index contributed by atoms with van der Waals surface area (Å²) in [7, 11) is 0. The van der Waals surface area contributed by atoms with Gasteiger partial charge in [0.05, 0.1) is 11.1 Å². The van der Waals surface area contributed by atoms with E-state index in [0.29, 0.717) is 47.4 Å². The standard InChI is InChI=1S/C18H22N4O4S2/c1-4-25-8-5-7-22-17(24)15-11(2)12(3)28-16(15)20-18(22)27-10-14(23)19-13-6-9-26-21-13/h6,9H,4-5,7-8,10H2,1-3H3,(H,19,21,23). The van der Waals surface area contributed by atoms with E-state index < -0.39 is 0 Å². The molecule has 0 unspecified atom stereocenters. The minimum Gasteiger partial charge on any atom is -0.382 e. The largest absolute Gasteiger partial charge is 0.382 e. The molecule has 150 valence electrons. The van der Waals surface area contributed by atoms with Gasteiger partial charge in [-0.3, -0.25) is 14.2 Å². The fraction of sp³-hybridized carbons (Fsp3) is 0.444. The lowest BCUT2D eigenvalue weighted by molar-refractivity contribution is -0.113. The van der Waals surface area contributed by atoms with E-state index in [4.69, 9.17) is 9.26 Å². The number of anilines is 1. The van der Waals surface area contributed by atoms with E-state index >= 15 is 0 Å². The Morgan fingerprint density at radius 2 is 2.25 bits per heavy atom. The minimum atomic E-state index is -0.243. The summed E-state index contributed by atoms with van der Waals surface area (Å²) in [5.41, 5.74) is 0.902. The normalized spacial score (nSPS) is 11.2. The van der Waals surface area contributed by atoms with Crippen LogP contribution in [-0.4, -0.2) is 39.6 Å². The summed E-state index contributed by atoms with van der Waals surface area (Å²) in [4.78, 5) is 31.7. The molecule has 3 heterocycles. The van der Waals surface area contributed by atoms with Gasteiger partial charge in [0.15, 0.2) is 11.0 Å². The average Bonchev–Trinajstić information content (AvgIpc) is 3.27. The van der Waals surface area contributed by atoms with Crippen LogP contribution in [0.25, 0.3) is 10.2 Å². The van der Waals surface area contributed by atoms with E-state index in [2.05, 4.69) is 15.5 Å². The van der Waals surface area contributed by atoms with Crippen molar-refractivity contribution in [1.29, 1.82) is 0 Å².